The van der Waals surface area contributed by atoms with Crippen LogP contribution >= 0.6 is 0 Å². The molecule has 1 amide bonds. The Kier molecular flexibility index (Phi) is 3.44. The summed E-state index contributed by atoms with van der Waals surface area (Å²) in [6, 6.07) is 5.78. The van der Waals surface area contributed by atoms with Gasteiger partial charge >= 0.3 is 0 Å². The highest BCUT2D eigenvalue weighted by Gasteiger charge is 2.65. The molecule has 2 unspecified atom stereocenters. The summed E-state index contributed by atoms with van der Waals surface area (Å²) in [6.45, 7) is 3.31. The minimum absolute atomic E-state index is 0.0195. The van der Waals surface area contributed by atoms with E-state index in [0.29, 0.717) is 45.6 Å². The summed E-state index contributed by atoms with van der Waals surface area (Å²) in [5, 5.41) is 17.3. The number of fused-ring (bicyclic) bond motifs is 1. The molecule has 3 aliphatic rings. The molecule has 1 aliphatic heterocycles. The van der Waals surface area contributed by atoms with Gasteiger partial charge in [0.15, 0.2) is 17.2 Å². The topological polar surface area (TPSA) is 108 Å². The average Bonchev–Trinajstić information content (AvgIpc) is 3.07. The van der Waals surface area contributed by atoms with Gasteiger partial charge in [0.2, 0.25) is 0 Å². The van der Waals surface area contributed by atoms with E-state index in [1.807, 2.05) is 11.8 Å². The monoisotopic (exact) mass is 407 g/mol. The van der Waals surface area contributed by atoms with Crippen LogP contribution in [0.4, 0.5) is 4.39 Å². The van der Waals surface area contributed by atoms with Gasteiger partial charge in [-0.25, -0.2) is 9.37 Å². The van der Waals surface area contributed by atoms with Gasteiger partial charge in [0, 0.05) is 29.9 Å². The second-order valence-electron chi connectivity index (χ2n) is 9.17. The predicted octanol–water partition coefficient (Wildman–Crippen LogP) is 2.59. The number of piperidine rings is 1. The number of halogens is 1. The molecule has 7 nitrogen and oxygen atoms in total. The van der Waals surface area contributed by atoms with Crippen LogP contribution in [0, 0.1) is 30.5 Å². The molecule has 3 aromatic rings. The van der Waals surface area contributed by atoms with Crippen LogP contribution < -0.4 is 5.73 Å². The van der Waals surface area contributed by atoms with E-state index in [2.05, 4.69) is 15.2 Å². The third-order valence-corrected chi connectivity index (χ3v) is 7.34. The summed E-state index contributed by atoms with van der Waals surface area (Å²) >= 11 is 0. The first-order valence-corrected chi connectivity index (χ1v) is 10.3. The Morgan fingerprint density at radius 1 is 1.30 bits per heavy atom. The zero-order chi connectivity index (χ0) is 20.8. The van der Waals surface area contributed by atoms with E-state index in [1.54, 1.807) is 12.1 Å². The summed E-state index contributed by atoms with van der Waals surface area (Å²) in [5.41, 5.74) is 9.04. The number of nitrogens with one attached hydrogen (secondary N) is 1. The van der Waals surface area contributed by atoms with Crippen LogP contribution in [0.25, 0.3) is 22.3 Å². The first kappa shape index (κ1) is 17.8. The Hall–Kier alpha value is -3.00. The van der Waals surface area contributed by atoms with Crippen molar-refractivity contribution in [2.24, 2.45) is 23.5 Å². The van der Waals surface area contributed by atoms with E-state index >= 15 is 0 Å². The lowest BCUT2D eigenvalue weighted by atomic mass is 9.42. The molecule has 154 valence electrons. The van der Waals surface area contributed by atoms with Gasteiger partial charge in [-0.05, 0) is 61.8 Å². The number of aryl methyl sites for hydroxylation is 1. The van der Waals surface area contributed by atoms with E-state index in [1.165, 1.54) is 12.1 Å². The smallest absolute Gasteiger partial charge is 0.254 e. The molecule has 2 aliphatic carbocycles. The number of carbonyl (C=O) groups is 1. The molecule has 8 heteroatoms. The fraction of sp³-hybridized carbons (Fsp3) is 0.409. The van der Waals surface area contributed by atoms with Gasteiger partial charge in [-0.3, -0.25) is 9.89 Å². The first-order chi connectivity index (χ1) is 14.3. The fourth-order valence-electron chi connectivity index (χ4n) is 6.08. The van der Waals surface area contributed by atoms with E-state index in [9.17, 15) is 14.3 Å². The maximum atomic E-state index is 13.9. The number of nitrogens with zero attached hydrogens (tertiary/aromatic N) is 3. The Balaban J connectivity index is 1.41. The predicted molar refractivity (Wildman–Crippen MR) is 108 cm³/mol. The molecule has 1 saturated heterocycles. The molecule has 3 fully saturated rings. The standard InChI is InChI=1S/C22H22FN5O2/c1-10-18-14(21(30)28-8-12-6-22(24)7-13(9-28)19(12)22)5-16(25-20(18)27-26-10)11-2-3-17(29)15(23)4-11/h2-5,12-13,19,29H,6-9,24H2,1H3,(H,25,26,27). The molecule has 1 aromatic carbocycles. The highest BCUT2D eigenvalue weighted by atomic mass is 19.1. The zero-order valence-corrected chi connectivity index (χ0v) is 16.5. The summed E-state index contributed by atoms with van der Waals surface area (Å²) in [6.07, 6.45) is 1.99. The van der Waals surface area contributed by atoms with E-state index in [4.69, 9.17) is 5.73 Å². The number of likely N-dealkylation sites (tertiary alicyclic amines) is 1. The van der Waals surface area contributed by atoms with Gasteiger partial charge in [-0.1, -0.05) is 0 Å². The van der Waals surface area contributed by atoms with Crippen LogP contribution in [0.3, 0.4) is 0 Å². The second-order valence-corrected chi connectivity index (χ2v) is 9.17. The molecule has 0 spiro atoms. The molecular formula is C22H22FN5O2. The Morgan fingerprint density at radius 3 is 2.70 bits per heavy atom. The number of hydrogen-bond donors (Lipinski definition) is 3. The summed E-state index contributed by atoms with van der Waals surface area (Å²) in [7, 11) is 0. The summed E-state index contributed by atoms with van der Waals surface area (Å²) in [5.74, 6) is 0.326. The van der Waals surface area contributed by atoms with Crippen LogP contribution in [0.1, 0.15) is 28.9 Å². The molecule has 0 radical (unpaired) electrons. The number of benzene rings is 1. The molecule has 2 saturated carbocycles. The number of H-pyrrole nitrogens is 1. The van der Waals surface area contributed by atoms with Crippen LogP contribution in [-0.4, -0.2) is 49.7 Å². The molecule has 4 N–H and O–H groups in total. The number of amides is 1. The second kappa shape index (κ2) is 5.78. The fourth-order valence-corrected chi connectivity index (χ4v) is 6.08. The number of phenolic OH excluding ortho intramolecular Hbond substituents is 1. The number of aromatic hydroxyl groups is 1. The molecule has 2 aromatic heterocycles. The van der Waals surface area contributed by atoms with Crippen molar-refractivity contribution >= 4 is 16.9 Å². The molecule has 2 atom stereocenters. The third kappa shape index (κ3) is 2.31. The van der Waals surface area contributed by atoms with Gasteiger partial charge in [0.25, 0.3) is 5.91 Å². The quantitative estimate of drug-likeness (QED) is 0.605. The minimum Gasteiger partial charge on any atom is -0.505 e. The van der Waals surface area contributed by atoms with Crippen molar-refractivity contribution in [2.75, 3.05) is 13.1 Å². The number of aromatic nitrogens is 3. The van der Waals surface area contributed by atoms with Gasteiger partial charge in [-0.2, -0.15) is 5.10 Å². The average molecular weight is 407 g/mol. The number of rotatable bonds is 2. The van der Waals surface area contributed by atoms with E-state index in [0.717, 1.165) is 31.6 Å². The Morgan fingerprint density at radius 2 is 2.03 bits per heavy atom. The van der Waals surface area contributed by atoms with Crippen LogP contribution in [0.2, 0.25) is 0 Å². The third-order valence-electron chi connectivity index (χ3n) is 7.34. The zero-order valence-electron chi connectivity index (χ0n) is 16.5. The maximum Gasteiger partial charge on any atom is 0.254 e. The molecular weight excluding hydrogens is 385 g/mol. The lowest BCUT2D eigenvalue weighted by Crippen LogP contribution is -2.77. The number of nitrogens with two attached hydrogens (primary N) is 1. The van der Waals surface area contributed by atoms with E-state index in [-0.39, 0.29) is 11.4 Å². The van der Waals surface area contributed by atoms with Crippen LogP contribution in [0.15, 0.2) is 24.3 Å². The summed E-state index contributed by atoms with van der Waals surface area (Å²) in [4.78, 5) is 20.1. The van der Waals surface area contributed by atoms with Gasteiger partial charge in [0.05, 0.1) is 16.6 Å². The van der Waals surface area contributed by atoms with Crippen molar-refractivity contribution in [2.45, 2.75) is 25.3 Å². The van der Waals surface area contributed by atoms with Gasteiger partial charge in [-0.15, -0.1) is 0 Å². The minimum atomic E-state index is -0.734. The van der Waals surface area contributed by atoms with Crippen molar-refractivity contribution < 1.29 is 14.3 Å². The number of carbonyl (C=O) groups excluding carboxylic acids is 1. The van der Waals surface area contributed by atoms with Gasteiger partial charge < -0.3 is 15.7 Å². The van der Waals surface area contributed by atoms with Crippen molar-refractivity contribution in [1.29, 1.82) is 0 Å². The van der Waals surface area contributed by atoms with E-state index < -0.39 is 11.6 Å². The Bertz CT molecular complexity index is 1210. The number of pyridine rings is 1. The maximum absolute atomic E-state index is 13.9. The number of aromatic amines is 1. The SMILES string of the molecule is Cc1[nH]nc2nc(-c3ccc(O)c(F)c3)cc(C(=O)N3CC4CC5(N)CC(C3)C45)c12. The Labute approximate surface area is 172 Å². The largest absolute Gasteiger partial charge is 0.505 e. The lowest BCUT2D eigenvalue weighted by Gasteiger charge is -2.69. The molecule has 3 heterocycles. The highest BCUT2D eigenvalue weighted by molar-refractivity contribution is 6.07. The van der Waals surface area contributed by atoms with Crippen LogP contribution in [-0.2, 0) is 0 Å². The van der Waals surface area contributed by atoms with Crippen molar-refractivity contribution in [3.8, 4) is 17.0 Å². The number of hydrogen-bond acceptors (Lipinski definition) is 5. The van der Waals surface area contributed by atoms with Gasteiger partial charge in [0.1, 0.15) is 0 Å². The molecule has 6 rings (SSSR count). The highest BCUT2D eigenvalue weighted by Crippen LogP contribution is 2.61. The van der Waals surface area contributed by atoms with Crippen molar-refractivity contribution in [1.82, 2.24) is 20.1 Å². The van der Waals surface area contributed by atoms with Crippen molar-refractivity contribution in [3.63, 3.8) is 0 Å². The molecule has 0 bridgehead atoms. The normalized spacial score (nSPS) is 29.3. The lowest BCUT2D eigenvalue weighted by molar-refractivity contribution is -0.156. The first-order valence-electron chi connectivity index (χ1n) is 10.3. The molecule has 30 heavy (non-hydrogen) atoms. The van der Waals surface area contributed by atoms with Crippen LogP contribution in [0.5, 0.6) is 5.75 Å². The number of phenols is 1. The van der Waals surface area contributed by atoms with Crippen molar-refractivity contribution in [3.05, 3.63) is 41.3 Å². The summed E-state index contributed by atoms with van der Waals surface area (Å²) < 4.78 is 13.9.